The van der Waals surface area contributed by atoms with E-state index in [9.17, 15) is 0 Å². The van der Waals surface area contributed by atoms with E-state index in [1.807, 2.05) is 0 Å². The molecule has 0 spiro atoms. The van der Waals surface area contributed by atoms with Crippen molar-refractivity contribution in [1.82, 2.24) is 10.3 Å². The number of hydrogen-bond donors (Lipinski definition) is 1. The molecule has 0 amide bonds. The van der Waals surface area contributed by atoms with Gasteiger partial charge in [-0.15, -0.1) is 11.3 Å². The van der Waals surface area contributed by atoms with Gasteiger partial charge < -0.3 is 10.1 Å². The van der Waals surface area contributed by atoms with Gasteiger partial charge in [-0.05, 0) is 25.8 Å². The van der Waals surface area contributed by atoms with Crippen LogP contribution in [0.15, 0.2) is 5.38 Å². The van der Waals surface area contributed by atoms with Gasteiger partial charge in [0.25, 0.3) is 0 Å². The van der Waals surface area contributed by atoms with Crippen LogP contribution >= 0.6 is 11.3 Å². The maximum atomic E-state index is 5.39. The summed E-state index contributed by atoms with van der Waals surface area (Å²) in [5, 5.41) is 6.83. The summed E-state index contributed by atoms with van der Waals surface area (Å²) in [5.41, 5.74) is 1.18. The number of hydrogen-bond acceptors (Lipinski definition) is 4. The highest BCUT2D eigenvalue weighted by Crippen LogP contribution is 2.22. The Balaban J connectivity index is 1.90. The van der Waals surface area contributed by atoms with Gasteiger partial charge in [0.05, 0.1) is 10.7 Å². The van der Waals surface area contributed by atoms with Crippen molar-refractivity contribution in [2.24, 2.45) is 5.92 Å². The minimum Gasteiger partial charge on any atom is -0.381 e. The Labute approximate surface area is 101 Å². The fraction of sp³-hybridized carbons (Fsp3) is 0.750. The molecule has 4 heteroatoms. The second-order valence-corrected chi connectivity index (χ2v) is 5.32. The molecule has 1 saturated heterocycles. The standard InChI is InChI=1S/C12H20N2OS/c1-3-13-9(2)11-8-16-12(14-11)6-10-4-5-15-7-10/h8-10,13H,3-7H2,1-2H3. The predicted molar refractivity (Wildman–Crippen MR) is 66.8 cm³/mol. The van der Waals surface area contributed by atoms with Crippen LogP contribution in [0, 0.1) is 5.92 Å². The fourth-order valence-electron chi connectivity index (χ4n) is 2.02. The second kappa shape index (κ2) is 5.75. The summed E-state index contributed by atoms with van der Waals surface area (Å²) in [7, 11) is 0. The Morgan fingerprint density at radius 2 is 2.56 bits per heavy atom. The summed E-state index contributed by atoms with van der Waals surface area (Å²) in [6, 6.07) is 0.370. The largest absolute Gasteiger partial charge is 0.381 e. The van der Waals surface area contributed by atoms with Crippen LogP contribution in [-0.2, 0) is 11.2 Å². The summed E-state index contributed by atoms with van der Waals surface area (Å²) in [6.45, 7) is 7.12. The maximum absolute atomic E-state index is 5.39. The highest BCUT2D eigenvalue weighted by atomic mass is 32.1. The van der Waals surface area contributed by atoms with Crippen LogP contribution in [0.5, 0.6) is 0 Å². The van der Waals surface area contributed by atoms with Crippen LogP contribution in [-0.4, -0.2) is 24.7 Å². The Morgan fingerprint density at radius 3 is 3.25 bits per heavy atom. The van der Waals surface area contributed by atoms with E-state index in [-0.39, 0.29) is 0 Å². The summed E-state index contributed by atoms with van der Waals surface area (Å²) in [4.78, 5) is 4.69. The van der Waals surface area contributed by atoms with Crippen molar-refractivity contribution in [3.05, 3.63) is 16.1 Å². The molecule has 1 aromatic rings. The molecule has 0 aliphatic carbocycles. The zero-order valence-corrected chi connectivity index (χ0v) is 10.8. The number of ether oxygens (including phenoxy) is 1. The van der Waals surface area contributed by atoms with Crippen molar-refractivity contribution in [2.45, 2.75) is 32.7 Å². The van der Waals surface area contributed by atoms with Gasteiger partial charge in [-0.2, -0.15) is 0 Å². The first kappa shape index (κ1) is 12.0. The molecule has 16 heavy (non-hydrogen) atoms. The van der Waals surface area contributed by atoms with E-state index in [4.69, 9.17) is 9.72 Å². The van der Waals surface area contributed by atoms with Crippen molar-refractivity contribution in [2.75, 3.05) is 19.8 Å². The lowest BCUT2D eigenvalue weighted by Crippen LogP contribution is -2.18. The third kappa shape index (κ3) is 3.03. The molecule has 1 aromatic heterocycles. The van der Waals surface area contributed by atoms with E-state index in [1.165, 1.54) is 17.1 Å². The zero-order chi connectivity index (χ0) is 11.4. The molecular weight excluding hydrogens is 220 g/mol. The van der Waals surface area contributed by atoms with Crippen molar-refractivity contribution in [3.8, 4) is 0 Å². The minimum atomic E-state index is 0.370. The fourth-order valence-corrected chi connectivity index (χ4v) is 3.02. The first-order valence-electron chi connectivity index (χ1n) is 6.05. The Hall–Kier alpha value is -0.450. The zero-order valence-electron chi connectivity index (χ0n) is 10.0. The molecule has 0 radical (unpaired) electrons. The molecule has 1 aliphatic rings. The molecule has 2 atom stereocenters. The molecular formula is C12H20N2OS. The smallest absolute Gasteiger partial charge is 0.0932 e. The molecule has 0 saturated carbocycles. The van der Waals surface area contributed by atoms with Gasteiger partial charge in [-0.25, -0.2) is 4.98 Å². The molecule has 2 unspecified atom stereocenters. The van der Waals surface area contributed by atoms with Gasteiger partial charge in [-0.3, -0.25) is 0 Å². The third-order valence-corrected chi connectivity index (χ3v) is 3.90. The lowest BCUT2D eigenvalue weighted by atomic mass is 10.1. The first-order chi connectivity index (χ1) is 7.79. The number of nitrogens with one attached hydrogen (secondary N) is 1. The molecule has 1 fully saturated rings. The second-order valence-electron chi connectivity index (χ2n) is 4.38. The Bertz CT molecular complexity index is 321. The van der Waals surface area contributed by atoms with Crippen molar-refractivity contribution < 1.29 is 4.74 Å². The van der Waals surface area contributed by atoms with Crippen LogP contribution in [0.25, 0.3) is 0 Å². The molecule has 0 bridgehead atoms. The summed E-state index contributed by atoms with van der Waals surface area (Å²) in [6.07, 6.45) is 2.28. The molecule has 1 aliphatic heterocycles. The maximum Gasteiger partial charge on any atom is 0.0932 e. The van der Waals surface area contributed by atoms with E-state index in [0.29, 0.717) is 12.0 Å². The monoisotopic (exact) mass is 240 g/mol. The summed E-state index contributed by atoms with van der Waals surface area (Å²) in [5.74, 6) is 0.688. The number of aromatic nitrogens is 1. The SMILES string of the molecule is CCNC(C)c1csc(CC2CCOC2)n1. The van der Waals surface area contributed by atoms with Gasteiger partial charge in [-0.1, -0.05) is 6.92 Å². The molecule has 2 rings (SSSR count). The molecule has 3 nitrogen and oxygen atoms in total. The van der Waals surface area contributed by atoms with Crippen molar-refractivity contribution in [1.29, 1.82) is 0 Å². The molecule has 0 aromatic carbocycles. The van der Waals surface area contributed by atoms with Crippen LogP contribution in [0.2, 0.25) is 0 Å². The quantitative estimate of drug-likeness (QED) is 0.858. The molecule has 1 N–H and O–H groups in total. The van der Waals surface area contributed by atoms with Crippen LogP contribution in [0.1, 0.15) is 37.0 Å². The normalized spacial score (nSPS) is 22.5. The highest BCUT2D eigenvalue weighted by molar-refractivity contribution is 7.09. The third-order valence-electron chi connectivity index (χ3n) is 3.01. The number of rotatable bonds is 5. The summed E-state index contributed by atoms with van der Waals surface area (Å²) >= 11 is 1.78. The van der Waals surface area contributed by atoms with Gasteiger partial charge in [0.2, 0.25) is 0 Å². The van der Waals surface area contributed by atoms with Gasteiger partial charge in [0.1, 0.15) is 0 Å². The van der Waals surface area contributed by atoms with E-state index < -0.39 is 0 Å². The Kier molecular flexibility index (Phi) is 4.32. The van der Waals surface area contributed by atoms with E-state index in [2.05, 4.69) is 24.5 Å². The average molecular weight is 240 g/mol. The van der Waals surface area contributed by atoms with E-state index >= 15 is 0 Å². The van der Waals surface area contributed by atoms with Crippen LogP contribution in [0.4, 0.5) is 0 Å². The van der Waals surface area contributed by atoms with Gasteiger partial charge in [0, 0.05) is 31.1 Å². The minimum absolute atomic E-state index is 0.370. The predicted octanol–water partition coefficient (Wildman–Crippen LogP) is 2.39. The van der Waals surface area contributed by atoms with E-state index in [0.717, 1.165) is 26.2 Å². The van der Waals surface area contributed by atoms with Gasteiger partial charge in [0.15, 0.2) is 0 Å². The number of thiazole rings is 1. The topological polar surface area (TPSA) is 34.1 Å². The highest BCUT2D eigenvalue weighted by Gasteiger charge is 2.18. The molecule has 2 heterocycles. The van der Waals surface area contributed by atoms with Crippen molar-refractivity contribution in [3.63, 3.8) is 0 Å². The first-order valence-corrected chi connectivity index (χ1v) is 6.93. The van der Waals surface area contributed by atoms with Gasteiger partial charge >= 0.3 is 0 Å². The van der Waals surface area contributed by atoms with Crippen LogP contribution < -0.4 is 5.32 Å². The lowest BCUT2D eigenvalue weighted by Gasteiger charge is -2.08. The Morgan fingerprint density at radius 1 is 1.69 bits per heavy atom. The lowest BCUT2D eigenvalue weighted by molar-refractivity contribution is 0.186. The summed E-state index contributed by atoms with van der Waals surface area (Å²) < 4.78 is 5.39. The average Bonchev–Trinajstić information content (AvgIpc) is 2.90. The van der Waals surface area contributed by atoms with Crippen molar-refractivity contribution >= 4 is 11.3 Å². The van der Waals surface area contributed by atoms with Crippen LogP contribution in [0.3, 0.4) is 0 Å². The molecule has 90 valence electrons. The number of nitrogens with zero attached hydrogens (tertiary/aromatic N) is 1. The van der Waals surface area contributed by atoms with E-state index in [1.54, 1.807) is 11.3 Å².